The summed E-state index contributed by atoms with van der Waals surface area (Å²) in [5.41, 5.74) is 6.51. The highest BCUT2D eigenvalue weighted by Crippen LogP contribution is 2.19. The van der Waals surface area contributed by atoms with Crippen molar-refractivity contribution in [2.75, 3.05) is 0 Å². The van der Waals surface area contributed by atoms with Crippen LogP contribution in [0.1, 0.15) is 47.2 Å². The molecular formula is C30H36N2O2. The van der Waals surface area contributed by atoms with Gasteiger partial charge in [-0.3, -0.25) is 9.59 Å². The summed E-state index contributed by atoms with van der Waals surface area (Å²) >= 11 is 0. The zero-order valence-corrected chi connectivity index (χ0v) is 21.0. The minimum atomic E-state index is -0.608. The van der Waals surface area contributed by atoms with E-state index in [4.69, 9.17) is 0 Å². The molecule has 3 aromatic rings. The molecule has 34 heavy (non-hydrogen) atoms. The van der Waals surface area contributed by atoms with Crippen LogP contribution >= 0.6 is 0 Å². The molecule has 0 spiro atoms. The van der Waals surface area contributed by atoms with Gasteiger partial charge in [-0.25, -0.2) is 0 Å². The largest absolute Gasteiger partial charge is 0.352 e. The Hall–Kier alpha value is -3.40. The van der Waals surface area contributed by atoms with Crippen molar-refractivity contribution >= 4 is 11.8 Å². The number of amides is 2. The van der Waals surface area contributed by atoms with Gasteiger partial charge < -0.3 is 10.2 Å². The summed E-state index contributed by atoms with van der Waals surface area (Å²) in [6.45, 7) is 10.4. The highest BCUT2D eigenvalue weighted by atomic mass is 16.2. The van der Waals surface area contributed by atoms with Crippen molar-refractivity contribution in [1.82, 2.24) is 10.2 Å². The first-order valence-corrected chi connectivity index (χ1v) is 12.0. The van der Waals surface area contributed by atoms with E-state index in [2.05, 4.69) is 31.3 Å². The van der Waals surface area contributed by atoms with E-state index >= 15 is 0 Å². The number of carbonyl (C=O) groups is 2. The van der Waals surface area contributed by atoms with E-state index in [0.29, 0.717) is 13.0 Å². The fraction of sp³-hybridized carbons (Fsp3) is 0.333. The van der Waals surface area contributed by atoms with Gasteiger partial charge in [0.25, 0.3) is 0 Å². The predicted octanol–water partition coefficient (Wildman–Crippen LogP) is 5.32. The number of nitrogens with zero attached hydrogens (tertiary/aromatic N) is 1. The fourth-order valence-electron chi connectivity index (χ4n) is 4.10. The number of benzene rings is 3. The SMILES string of the molecule is Cc1ccc(CC(=O)N(Cc2ccccc2C)[C@@H](Cc2ccccc2)C(=O)NC(C)C)cc1C. The molecule has 0 fully saturated rings. The van der Waals surface area contributed by atoms with Crippen LogP contribution in [0, 0.1) is 20.8 Å². The van der Waals surface area contributed by atoms with Gasteiger partial charge in [0.05, 0.1) is 6.42 Å². The van der Waals surface area contributed by atoms with Gasteiger partial charge in [-0.05, 0) is 68.0 Å². The van der Waals surface area contributed by atoms with Crippen molar-refractivity contribution in [3.8, 4) is 0 Å². The van der Waals surface area contributed by atoms with Crippen molar-refractivity contribution in [3.63, 3.8) is 0 Å². The Morgan fingerprint density at radius 3 is 2.12 bits per heavy atom. The summed E-state index contributed by atoms with van der Waals surface area (Å²) in [7, 11) is 0. The normalized spacial score (nSPS) is 11.8. The molecule has 0 saturated carbocycles. The minimum absolute atomic E-state index is 0.0130. The summed E-state index contributed by atoms with van der Waals surface area (Å²) in [5.74, 6) is -0.174. The van der Waals surface area contributed by atoms with Crippen LogP contribution in [0.5, 0.6) is 0 Å². The lowest BCUT2D eigenvalue weighted by Gasteiger charge is -2.32. The molecule has 178 valence electrons. The van der Waals surface area contributed by atoms with Crippen molar-refractivity contribution < 1.29 is 9.59 Å². The van der Waals surface area contributed by atoms with Gasteiger partial charge in [0.15, 0.2) is 0 Å². The van der Waals surface area contributed by atoms with Crippen LogP contribution in [0.3, 0.4) is 0 Å². The van der Waals surface area contributed by atoms with Gasteiger partial charge in [-0.15, -0.1) is 0 Å². The van der Waals surface area contributed by atoms with Crippen LogP contribution in [0.2, 0.25) is 0 Å². The molecule has 3 rings (SSSR count). The molecule has 0 bridgehead atoms. The second-order valence-corrected chi connectivity index (χ2v) is 9.41. The second kappa shape index (κ2) is 11.6. The fourth-order valence-corrected chi connectivity index (χ4v) is 4.10. The molecule has 0 heterocycles. The van der Waals surface area contributed by atoms with Gasteiger partial charge in [0.2, 0.25) is 11.8 Å². The third-order valence-electron chi connectivity index (χ3n) is 6.23. The molecule has 4 nitrogen and oxygen atoms in total. The molecule has 4 heteroatoms. The Kier molecular flexibility index (Phi) is 8.64. The molecule has 1 N–H and O–H groups in total. The Morgan fingerprint density at radius 1 is 0.794 bits per heavy atom. The van der Waals surface area contributed by atoms with Crippen molar-refractivity contribution in [3.05, 3.63) is 106 Å². The van der Waals surface area contributed by atoms with Crippen LogP contribution in [0.15, 0.2) is 72.8 Å². The average Bonchev–Trinajstić information content (AvgIpc) is 2.80. The maximum Gasteiger partial charge on any atom is 0.243 e. The van der Waals surface area contributed by atoms with E-state index in [1.807, 2.05) is 81.4 Å². The zero-order valence-electron chi connectivity index (χ0n) is 21.0. The quantitative estimate of drug-likeness (QED) is 0.474. The third kappa shape index (κ3) is 6.80. The number of aryl methyl sites for hydroxylation is 3. The Balaban J connectivity index is 1.99. The molecule has 0 radical (unpaired) electrons. The number of nitrogens with one attached hydrogen (secondary N) is 1. The maximum atomic E-state index is 13.8. The topological polar surface area (TPSA) is 49.4 Å². The molecule has 0 aromatic heterocycles. The smallest absolute Gasteiger partial charge is 0.243 e. The Labute approximate surface area is 204 Å². The Morgan fingerprint density at radius 2 is 1.47 bits per heavy atom. The summed E-state index contributed by atoms with van der Waals surface area (Å²) in [5, 5.41) is 3.05. The van der Waals surface area contributed by atoms with E-state index in [1.54, 1.807) is 4.90 Å². The van der Waals surface area contributed by atoms with E-state index in [0.717, 1.165) is 27.8 Å². The third-order valence-corrected chi connectivity index (χ3v) is 6.23. The lowest BCUT2D eigenvalue weighted by Crippen LogP contribution is -2.52. The van der Waals surface area contributed by atoms with E-state index < -0.39 is 6.04 Å². The molecule has 2 amide bonds. The van der Waals surface area contributed by atoms with Crippen LogP contribution in [-0.2, 0) is 29.0 Å². The molecule has 3 aromatic carbocycles. The number of hydrogen-bond donors (Lipinski definition) is 1. The molecule has 1 atom stereocenters. The number of rotatable bonds is 9. The maximum absolute atomic E-state index is 13.8. The second-order valence-electron chi connectivity index (χ2n) is 9.41. The highest BCUT2D eigenvalue weighted by Gasteiger charge is 2.31. The van der Waals surface area contributed by atoms with E-state index in [1.165, 1.54) is 5.56 Å². The van der Waals surface area contributed by atoms with Crippen LogP contribution in [0.4, 0.5) is 0 Å². The number of hydrogen-bond acceptors (Lipinski definition) is 2. The average molecular weight is 457 g/mol. The molecule has 0 aliphatic carbocycles. The van der Waals surface area contributed by atoms with Crippen LogP contribution < -0.4 is 5.32 Å². The van der Waals surface area contributed by atoms with Gasteiger partial charge in [0, 0.05) is 19.0 Å². The van der Waals surface area contributed by atoms with Gasteiger partial charge in [-0.2, -0.15) is 0 Å². The molecular weight excluding hydrogens is 420 g/mol. The molecule has 0 saturated heterocycles. The zero-order chi connectivity index (χ0) is 24.7. The lowest BCUT2D eigenvalue weighted by atomic mass is 9.99. The van der Waals surface area contributed by atoms with E-state index in [-0.39, 0.29) is 24.3 Å². The molecule has 0 aliphatic heterocycles. The van der Waals surface area contributed by atoms with Crippen molar-refractivity contribution in [1.29, 1.82) is 0 Å². The predicted molar refractivity (Wildman–Crippen MR) is 139 cm³/mol. The highest BCUT2D eigenvalue weighted by molar-refractivity contribution is 5.89. The molecule has 0 unspecified atom stereocenters. The van der Waals surface area contributed by atoms with Crippen LogP contribution in [0.25, 0.3) is 0 Å². The summed E-state index contributed by atoms with van der Waals surface area (Å²) in [6.07, 6.45) is 0.719. The van der Waals surface area contributed by atoms with Crippen molar-refractivity contribution in [2.24, 2.45) is 0 Å². The summed E-state index contributed by atoms with van der Waals surface area (Å²) in [6, 6.07) is 23.5. The Bertz CT molecular complexity index is 1120. The summed E-state index contributed by atoms with van der Waals surface area (Å²) < 4.78 is 0. The first kappa shape index (κ1) is 25.2. The van der Waals surface area contributed by atoms with Gasteiger partial charge >= 0.3 is 0 Å². The minimum Gasteiger partial charge on any atom is -0.352 e. The monoisotopic (exact) mass is 456 g/mol. The number of carbonyl (C=O) groups excluding carboxylic acids is 2. The van der Waals surface area contributed by atoms with Gasteiger partial charge in [0.1, 0.15) is 6.04 Å². The molecule has 0 aliphatic rings. The van der Waals surface area contributed by atoms with Gasteiger partial charge in [-0.1, -0.05) is 72.8 Å². The first-order valence-electron chi connectivity index (χ1n) is 12.0. The lowest BCUT2D eigenvalue weighted by molar-refractivity contribution is -0.141. The van der Waals surface area contributed by atoms with E-state index in [9.17, 15) is 9.59 Å². The van der Waals surface area contributed by atoms with Crippen molar-refractivity contribution in [2.45, 2.75) is 66.1 Å². The standard InChI is InChI=1S/C30H36N2O2/c1-21(2)31-30(34)28(18-25-12-7-6-8-13-25)32(20-27-14-10-9-11-23(27)4)29(33)19-26-16-15-22(3)24(5)17-26/h6-17,21,28H,18-20H2,1-5H3,(H,31,34)/t28-/m0/s1. The summed E-state index contributed by atoms with van der Waals surface area (Å²) in [4.78, 5) is 29.0. The first-order chi connectivity index (χ1) is 16.2. The van der Waals surface area contributed by atoms with Crippen LogP contribution in [-0.4, -0.2) is 28.8 Å².